The Kier molecular flexibility index (Phi) is 5.01. The van der Waals surface area contributed by atoms with E-state index in [-0.39, 0.29) is 24.5 Å². The third-order valence-corrected chi connectivity index (χ3v) is 4.27. The summed E-state index contributed by atoms with van der Waals surface area (Å²) in [4.78, 5) is 16.8. The van der Waals surface area contributed by atoms with Gasteiger partial charge in [-0.2, -0.15) is 0 Å². The molecular formula is C13H18N2O2S. The van der Waals surface area contributed by atoms with Crippen LogP contribution in [0.25, 0.3) is 0 Å². The Morgan fingerprint density at radius 3 is 2.94 bits per heavy atom. The number of aliphatic hydroxyl groups excluding tert-OH is 1. The van der Waals surface area contributed by atoms with E-state index in [9.17, 15) is 9.90 Å². The van der Waals surface area contributed by atoms with Gasteiger partial charge in [-0.05, 0) is 25.0 Å². The molecule has 0 saturated heterocycles. The molecule has 1 aromatic rings. The van der Waals surface area contributed by atoms with Gasteiger partial charge < -0.3 is 10.4 Å². The standard InChI is InChI=1S/C13H18N2O2S/c16-8-10-2-1-3-12(10)15-13(17)9-18-11-4-6-14-7-5-11/h4-7,10,12,16H,1-3,8-9H2,(H,15,17). The minimum absolute atomic E-state index is 0.0437. The SMILES string of the molecule is O=C(CSc1ccncc1)NC1CCCC1CO. The molecule has 1 saturated carbocycles. The van der Waals surface area contributed by atoms with Gasteiger partial charge in [0.1, 0.15) is 0 Å². The Hall–Kier alpha value is -1.07. The lowest BCUT2D eigenvalue weighted by molar-refractivity contribution is -0.119. The normalized spacial score (nSPS) is 22.9. The number of aromatic nitrogens is 1. The Balaban J connectivity index is 1.75. The molecular weight excluding hydrogens is 248 g/mol. The van der Waals surface area contributed by atoms with E-state index in [2.05, 4.69) is 10.3 Å². The highest BCUT2D eigenvalue weighted by Crippen LogP contribution is 2.25. The average molecular weight is 266 g/mol. The number of carbonyl (C=O) groups excluding carboxylic acids is 1. The molecule has 2 N–H and O–H groups in total. The van der Waals surface area contributed by atoms with E-state index < -0.39 is 0 Å². The molecule has 1 aliphatic rings. The summed E-state index contributed by atoms with van der Waals surface area (Å²) in [5.41, 5.74) is 0. The second kappa shape index (κ2) is 6.75. The molecule has 1 amide bonds. The molecule has 1 aromatic heterocycles. The number of hydrogen-bond donors (Lipinski definition) is 2. The maximum atomic E-state index is 11.8. The molecule has 5 heteroatoms. The monoisotopic (exact) mass is 266 g/mol. The van der Waals surface area contributed by atoms with Gasteiger partial charge in [-0.1, -0.05) is 6.42 Å². The molecule has 18 heavy (non-hydrogen) atoms. The molecule has 1 heterocycles. The van der Waals surface area contributed by atoms with Crippen molar-refractivity contribution in [3.63, 3.8) is 0 Å². The number of amides is 1. The van der Waals surface area contributed by atoms with Gasteiger partial charge >= 0.3 is 0 Å². The third-order valence-electron chi connectivity index (χ3n) is 3.26. The molecule has 98 valence electrons. The Labute approximate surface area is 111 Å². The van der Waals surface area contributed by atoms with Crippen LogP contribution in [0.3, 0.4) is 0 Å². The van der Waals surface area contributed by atoms with Crippen molar-refractivity contribution in [3.8, 4) is 0 Å². The first-order valence-electron chi connectivity index (χ1n) is 6.22. The fraction of sp³-hybridized carbons (Fsp3) is 0.538. The number of nitrogens with zero attached hydrogens (tertiary/aromatic N) is 1. The van der Waals surface area contributed by atoms with Gasteiger partial charge in [0.15, 0.2) is 0 Å². The zero-order valence-corrected chi connectivity index (χ0v) is 11.0. The molecule has 0 aromatic carbocycles. The van der Waals surface area contributed by atoms with Crippen molar-refractivity contribution in [2.45, 2.75) is 30.2 Å². The predicted octanol–water partition coefficient (Wildman–Crippen LogP) is 1.45. The summed E-state index contributed by atoms with van der Waals surface area (Å²) in [6.07, 6.45) is 6.53. The zero-order chi connectivity index (χ0) is 12.8. The van der Waals surface area contributed by atoms with Gasteiger partial charge in [-0.3, -0.25) is 9.78 Å². The van der Waals surface area contributed by atoms with Gasteiger partial charge in [-0.25, -0.2) is 0 Å². The first-order chi connectivity index (χ1) is 8.79. The quantitative estimate of drug-likeness (QED) is 0.792. The number of aliphatic hydroxyl groups is 1. The van der Waals surface area contributed by atoms with Crippen LogP contribution in [0.1, 0.15) is 19.3 Å². The minimum atomic E-state index is 0.0437. The molecule has 1 fully saturated rings. The number of rotatable bonds is 5. The molecule has 2 rings (SSSR count). The summed E-state index contributed by atoms with van der Waals surface area (Å²) < 4.78 is 0. The number of pyridine rings is 1. The van der Waals surface area contributed by atoms with E-state index in [4.69, 9.17) is 0 Å². The Bertz CT molecular complexity index is 386. The minimum Gasteiger partial charge on any atom is -0.396 e. The topological polar surface area (TPSA) is 62.2 Å². The maximum Gasteiger partial charge on any atom is 0.230 e. The maximum absolute atomic E-state index is 11.8. The van der Waals surface area contributed by atoms with E-state index in [1.165, 1.54) is 11.8 Å². The lowest BCUT2D eigenvalue weighted by atomic mass is 10.1. The van der Waals surface area contributed by atoms with E-state index >= 15 is 0 Å². The van der Waals surface area contributed by atoms with Crippen LogP contribution in [-0.4, -0.2) is 34.4 Å². The lowest BCUT2D eigenvalue weighted by Gasteiger charge is -2.18. The first kappa shape index (κ1) is 13.4. The fourth-order valence-corrected chi connectivity index (χ4v) is 2.97. The zero-order valence-electron chi connectivity index (χ0n) is 10.2. The summed E-state index contributed by atoms with van der Waals surface area (Å²) in [7, 11) is 0. The van der Waals surface area contributed by atoms with Crippen molar-refractivity contribution in [1.82, 2.24) is 10.3 Å². The lowest BCUT2D eigenvalue weighted by Crippen LogP contribution is -2.39. The van der Waals surface area contributed by atoms with Gasteiger partial charge in [0.25, 0.3) is 0 Å². The molecule has 0 radical (unpaired) electrons. The summed E-state index contributed by atoms with van der Waals surface area (Å²) in [6.45, 7) is 0.169. The van der Waals surface area contributed by atoms with Crippen molar-refractivity contribution >= 4 is 17.7 Å². The number of carbonyl (C=O) groups is 1. The molecule has 0 bridgehead atoms. The number of nitrogens with one attached hydrogen (secondary N) is 1. The smallest absolute Gasteiger partial charge is 0.230 e. The van der Waals surface area contributed by atoms with Crippen LogP contribution < -0.4 is 5.32 Å². The summed E-state index contributed by atoms with van der Waals surface area (Å²) >= 11 is 1.51. The highest BCUT2D eigenvalue weighted by Gasteiger charge is 2.27. The van der Waals surface area contributed by atoms with Gasteiger partial charge in [0, 0.05) is 35.9 Å². The van der Waals surface area contributed by atoms with Crippen molar-refractivity contribution in [1.29, 1.82) is 0 Å². The van der Waals surface area contributed by atoms with E-state index in [1.807, 2.05) is 12.1 Å². The van der Waals surface area contributed by atoms with Crippen molar-refractivity contribution in [2.75, 3.05) is 12.4 Å². The van der Waals surface area contributed by atoms with Crippen molar-refractivity contribution < 1.29 is 9.90 Å². The Morgan fingerprint density at radius 2 is 2.22 bits per heavy atom. The molecule has 4 nitrogen and oxygen atoms in total. The predicted molar refractivity (Wildman–Crippen MR) is 71.3 cm³/mol. The molecule has 1 aliphatic carbocycles. The number of hydrogen-bond acceptors (Lipinski definition) is 4. The van der Waals surface area contributed by atoms with Crippen LogP contribution in [0, 0.1) is 5.92 Å². The van der Waals surface area contributed by atoms with E-state index in [0.29, 0.717) is 5.75 Å². The van der Waals surface area contributed by atoms with Crippen LogP contribution in [0.4, 0.5) is 0 Å². The summed E-state index contributed by atoms with van der Waals surface area (Å²) in [5.74, 6) is 0.695. The highest BCUT2D eigenvalue weighted by atomic mass is 32.2. The van der Waals surface area contributed by atoms with E-state index in [1.54, 1.807) is 12.4 Å². The summed E-state index contributed by atoms with van der Waals surface area (Å²) in [6, 6.07) is 3.94. The first-order valence-corrected chi connectivity index (χ1v) is 7.21. The second-order valence-corrected chi connectivity index (χ2v) is 5.57. The van der Waals surface area contributed by atoms with Crippen LogP contribution in [0.15, 0.2) is 29.4 Å². The van der Waals surface area contributed by atoms with Crippen molar-refractivity contribution in [3.05, 3.63) is 24.5 Å². The molecule has 0 spiro atoms. The largest absolute Gasteiger partial charge is 0.396 e. The van der Waals surface area contributed by atoms with E-state index in [0.717, 1.165) is 24.2 Å². The molecule has 2 atom stereocenters. The summed E-state index contributed by atoms with van der Waals surface area (Å²) in [5, 5.41) is 12.2. The van der Waals surface area contributed by atoms with Gasteiger partial charge in [0.05, 0.1) is 5.75 Å². The van der Waals surface area contributed by atoms with Crippen LogP contribution >= 0.6 is 11.8 Å². The number of thioether (sulfide) groups is 1. The third kappa shape index (κ3) is 3.71. The van der Waals surface area contributed by atoms with Crippen LogP contribution in [-0.2, 0) is 4.79 Å². The van der Waals surface area contributed by atoms with Crippen LogP contribution in [0.2, 0.25) is 0 Å². The van der Waals surface area contributed by atoms with Crippen molar-refractivity contribution in [2.24, 2.45) is 5.92 Å². The van der Waals surface area contributed by atoms with Crippen LogP contribution in [0.5, 0.6) is 0 Å². The highest BCUT2D eigenvalue weighted by molar-refractivity contribution is 8.00. The molecule has 2 unspecified atom stereocenters. The Morgan fingerprint density at radius 1 is 1.44 bits per heavy atom. The average Bonchev–Trinajstić information content (AvgIpc) is 2.85. The van der Waals surface area contributed by atoms with Gasteiger partial charge in [0.2, 0.25) is 5.91 Å². The second-order valence-electron chi connectivity index (χ2n) is 4.52. The fourth-order valence-electron chi connectivity index (χ4n) is 2.28. The molecule has 0 aliphatic heterocycles. The van der Waals surface area contributed by atoms with Gasteiger partial charge in [-0.15, -0.1) is 11.8 Å².